The molecule has 0 bridgehead atoms. The van der Waals surface area contributed by atoms with Crippen LogP contribution in [0.4, 0.5) is 11.4 Å². The van der Waals surface area contributed by atoms with Crippen LogP contribution in [-0.2, 0) is 19.4 Å². The number of nitrogens with one attached hydrogen (secondary N) is 2. The van der Waals surface area contributed by atoms with Gasteiger partial charge >= 0.3 is 0 Å². The first-order valence-electron chi connectivity index (χ1n) is 8.56. The molecule has 6 nitrogen and oxygen atoms in total. The third kappa shape index (κ3) is 4.68. The zero-order chi connectivity index (χ0) is 20.5. The molecule has 28 heavy (non-hydrogen) atoms. The maximum atomic E-state index is 12.8. The third-order valence-corrected chi connectivity index (χ3v) is 7.61. The Morgan fingerprint density at radius 1 is 1.25 bits per heavy atom. The first kappa shape index (κ1) is 20.7. The van der Waals surface area contributed by atoms with Gasteiger partial charge in [-0.3, -0.25) is 9.59 Å². The van der Waals surface area contributed by atoms with Crippen LogP contribution in [0.25, 0.3) is 0 Å². The summed E-state index contributed by atoms with van der Waals surface area (Å²) in [6.07, 6.45) is 0. The first-order chi connectivity index (χ1) is 13.2. The van der Waals surface area contributed by atoms with Gasteiger partial charge in [0.05, 0.1) is 21.6 Å². The van der Waals surface area contributed by atoms with E-state index in [0.717, 1.165) is 4.90 Å². The molecule has 148 valence electrons. The standard InChI is InChI=1S/C19H19ClN2O4S2/c1-11(18(23)21-14-5-3-13(20)4-6-14)10-28(25,26)15-7-8-17-16(9-15)22-19(24)12(2)27-17/h3-9,11-12H,10H2,1-2H3,(H,21,23)(H,22,24)/t11-,12-/m1/s1. The van der Waals surface area contributed by atoms with Gasteiger partial charge in [0.25, 0.3) is 0 Å². The van der Waals surface area contributed by atoms with Crippen molar-refractivity contribution in [2.24, 2.45) is 5.92 Å². The van der Waals surface area contributed by atoms with Crippen LogP contribution in [0.5, 0.6) is 0 Å². The van der Waals surface area contributed by atoms with Gasteiger partial charge in [0.15, 0.2) is 9.84 Å². The Hall–Kier alpha value is -2.03. The number of amides is 2. The maximum absolute atomic E-state index is 12.8. The lowest BCUT2D eigenvalue weighted by Crippen LogP contribution is -2.28. The van der Waals surface area contributed by atoms with Gasteiger partial charge < -0.3 is 10.6 Å². The van der Waals surface area contributed by atoms with Crippen LogP contribution in [0.2, 0.25) is 5.02 Å². The highest BCUT2D eigenvalue weighted by Crippen LogP contribution is 2.37. The van der Waals surface area contributed by atoms with E-state index in [9.17, 15) is 18.0 Å². The number of carbonyl (C=O) groups excluding carboxylic acids is 2. The molecule has 2 atom stereocenters. The molecule has 1 heterocycles. The van der Waals surface area contributed by atoms with Crippen LogP contribution in [0.15, 0.2) is 52.3 Å². The second kappa shape index (κ2) is 8.14. The number of thioether (sulfide) groups is 1. The summed E-state index contributed by atoms with van der Waals surface area (Å²) < 4.78 is 25.5. The Kier molecular flexibility index (Phi) is 6.02. The largest absolute Gasteiger partial charge is 0.326 e. The molecule has 2 N–H and O–H groups in total. The lowest BCUT2D eigenvalue weighted by atomic mass is 10.2. The van der Waals surface area contributed by atoms with E-state index in [1.54, 1.807) is 44.2 Å². The van der Waals surface area contributed by atoms with Crippen molar-refractivity contribution in [3.63, 3.8) is 0 Å². The van der Waals surface area contributed by atoms with Crippen molar-refractivity contribution in [2.45, 2.75) is 28.9 Å². The summed E-state index contributed by atoms with van der Waals surface area (Å²) in [5, 5.41) is 5.71. The molecular weight excluding hydrogens is 420 g/mol. The minimum absolute atomic E-state index is 0.0767. The van der Waals surface area contributed by atoms with E-state index in [1.165, 1.54) is 23.9 Å². The Labute approximate surface area is 173 Å². The van der Waals surface area contributed by atoms with E-state index in [0.29, 0.717) is 16.4 Å². The van der Waals surface area contributed by atoms with Crippen molar-refractivity contribution in [2.75, 3.05) is 16.4 Å². The second-order valence-electron chi connectivity index (χ2n) is 6.59. The first-order valence-corrected chi connectivity index (χ1v) is 11.5. The number of carbonyl (C=O) groups is 2. The van der Waals surface area contributed by atoms with Crippen LogP contribution in [0.3, 0.4) is 0 Å². The van der Waals surface area contributed by atoms with Gasteiger partial charge in [0.2, 0.25) is 11.8 Å². The Morgan fingerprint density at radius 3 is 2.61 bits per heavy atom. The molecule has 1 aliphatic heterocycles. The summed E-state index contributed by atoms with van der Waals surface area (Å²) in [5.41, 5.74) is 1.02. The monoisotopic (exact) mass is 438 g/mol. The molecule has 1 aliphatic rings. The number of anilines is 2. The average Bonchev–Trinajstić information content (AvgIpc) is 2.63. The highest BCUT2D eigenvalue weighted by molar-refractivity contribution is 8.01. The molecule has 2 amide bonds. The van der Waals surface area contributed by atoms with Crippen molar-refractivity contribution in [1.29, 1.82) is 0 Å². The number of fused-ring (bicyclic) bond motifs is 1. The lowest BCUT2D eigenvalue weighted by molar-refractivity contribution is -0.119. The summed E-state index contributed by atoms with van der Waals surface area (Å²) in [4.78, 5) is 25.1. The highest BCUT2D eigenvalue weighted by atomic mass is 35.5. The number of hydrogen-bond donors (Lipinski definition) is 2. The van der Waals surface area contributed by atoms with Gasteiger partial charge in [-0.15, -0.1) is 11.8 Å². The molecule has 2 aromatic carbocycles. The average molecular weight is 439 g/mol. The van der Waals surface area contributed by atoms with E-state index in [2.05, 4.69) is 10.6 Å². The molecule has 0 saturated heterocycles. The molecular formula is C19H19ClN2O4S2. The Balaban J connectivity index is 1.72. The number of rotatable bonds is 5. The quantitative estimate of drug-likeness (QED) is 0.740. The van der Waals surface area contributed by atoms with Gasteiger partial charge in [-0.05, 0) is 49.4 Å². The van der Waals surface area contributed by atoms with Crippen LogP contribution >= 0.6 is 23.4 Å². The van der Waals surface area contributed by atoms with Crippen LogP contribution < -0.4 is 10.6 Å². The van der Waals surface area contributed by atoms with E-state index in [1.807, 2.05) is 0 Å². The summed E-state index contributed by atoms with van der Waals surface area (Å²) in [6.45, 7) is 3.34. The van der Waals surface area contributed by atoms with Crippen molar-refractivity contribution in [3.8, 4) is 0 Å². The normalized spacial score (nSPS) is 17.4. The predicted molar refractivity (Wildman–Crippen MR) is 112 cm³/mol. The molecule has 0 radical (unpaired) electrons. The molecule has 0 saturated carbocycles. The smallest absolute Gasteiger partial charge is 0.237 e. The molecule has 9 heteroatoms. The highest BCUT2D eigenvalue weighted by Gasteiger charge is 2.27. The van der Waals surface area contributed by atoms with Gasteiger partial charge in [0, 0.05) is 21.5 Å². The van der Waals surface area contributed by atoms with Crippen LogP contribution in [0.1, 0.15) is 13.8 Å². The summed E-state index contributed by atoms with van der Waals surface area (Å²) in [5.74, 6) is -1.67. The zero-order valence-corrected chi connectivity index (χ0v) is 17.6. The minimum Gasteiger partial charge on any atom is -0.326 e. The van der Waals surface area contributed by atoms with Crippen molar-refractivity contribution >= 4 is 56.4 Å². The number of halogens is 1. The lowest BCUT2D eigenvalue weighted by Gasteiger charge is -2.22. The summed E-state index contributed by atoms with van der Waals surface area (Å²) in [6, 6.07) is 11.2. The number of sulfone groups is 1. The van der Waals surface area contributed by atoms with E-state index in [4.69, 9.17) is 11.6 Å². The van der Waals surface area contributed by atoms with Gasteiger partial charge in [-0.2, -0.15) is 0 Å². The molecule has 3 rings (SSSR count). The molecule has 0 fully saturated rings. The van der Waals surface area contributed by atoms with Crippen LogP contribution in [-0.4, -0.2) is 31.2 Å². The fourth-order valence-corrected chi connectivity index (χ4v) is 5.31. The van der Waals surface area contributed by atoms with E-state index >= 15 is 0 Å². The summed E-state index contributed by atoms with van der Waals surface area (Å²) in [7, 11) is -3.71. The Morgan fingerprint density at radius 2 is 1.93 bits per heavy atom. The SMILES string of the molecule is C[C@H](CS(=O)(=O)c1ccc2c(c1)NC(=O)[C@@H](C)S2)C(=O)Nc1ccc(Cl)cc1. The molecule has 0 aliphatic carbocycles. The minimum atomic E-state index is -3.71. The van der Waals surface area contributed by atoms with Gasteiger partial charge in [0.1, 0.15) is 0 Å². The van der Waals surface area contributed by atoms with Crippen molar-refractivity contribution < 1.29 is 18.0 Å². The fourth-order valence-electron chi connectivity index (χ4n) is 2.68. The molecule has 2 aromatic rings. The summed E-state index contributed by atoms with van der Waals surface area (Å²) >= 11 is 7.19. The number of benzene rings is 2. The van der Waals surface area contributed by atoms with Crippen molar-refractivity contribution in [1.82, 2.24) is 0 Å². The second-order valence-corrected chi connectivity index (χ2v) is 10.4. The van der Waals surface area contributed by atoms with Crippen LogP contribution in [0, 0.1) is 5.92 Å². The van der Waals surface area contributed by atoms with Crippen molar-refractivity contribution in [3.05, 3.63) is 47.5 Å². The van der Waals surface area contributed by atoms with E-state index < -0.39 is 21.7 Å². The maximum Gasteiger partial charge on any atom is 0.237 e. The predicted octanol–water partition coefficient (Wildman–Crippen LogP) is 3.82. The number of hydrogen-bond acceptors (Lipinski definition) is 5. The zero-order valence-electron chi connectivity index (χ0n) is 15.2. The molecule has 0 spiro atoms. The molecule has 0 unspecified atom stereocenters. The van der Waals surface area contributed by atoms with Gasteiger partial charge in [-0.1, -0.05) is 18.5 Å². The molecule has 0 aromatic heterocycles. The van der Waals surface area contributed by atoms with E-state index in [-0.39, 0.29) is 21.8 Å². The topological polar surface area (TPSA) is 92.3 Å². The van der Waals surface area contributed by atoms with Gasteiger partial charge in [-0.25, -0.2) is 8.42 Å². The third-order valence-electron chi connectivity index (χ3n) is 4.27. The fraction of sp³-hybridized carbons (Fsp3) is 0.263. The Bertz CT molecular complexity index is 1020.